The highest BCUT2D eigenvalue weighted by Crippen LogP contribution is 2.42. The first-order valence-corrected chi connectivity index (χ1v) is 16.0. The van der Waals surface area contributed by atoms with Crippen LogP contribution in [0, 0.1) is 32.5 Å². The number of benzene rings is 5. The molecule has 4 heteroatoms. The molecule has 0 spiro atoms. The van der Waals surface area contributed by atoms with E-state index in [0.717, 1.165) is 29.3 Å². The summed E-state index contributed by atoms with van der Waals surface area (Å²) in [5.74, 6) is -0.227. The van der Waals surface area contributed by atoms with E-state index < -0.39 is 5.82 Å². The first-order chi connectivity index (χ1) is 21.8. The van der Waals surface area contributed by atoms with E-state index in [1.807, 2.05) is 18.9 Å². The van der Waals surface area contributed by atoms with Crippen LogP contribution in [0.5, 0.6) is 0 Å². The molecule has 5 aromatic carbocycles. The molecule has 1 unspecified atom stereocenters. The van der Waals surface area contributed by atoms with Crippen molar-refractivity contribution >= 4 is 45.2 Å². The molecule has 0 amide bonds. The van der Waals surface area contributed by atoms with Crippen molar-refractivity contribution in [3.8, 4) is 11.1 Å². The van der Waals surface area contributed by atoms with Gasteiger partial charge in [0.05, 0.1) is 11.1 Å². The molecular weight excluding hydrogens is 557 g/mol. The quantitative estimate of drug-likeness (QED) is 0.155. The Morgan fingerprint density at radius 1 is 0.800 bits per heavy atom. The molecule has 0 aliphatic rings. The fourth-order valence-electron chi connectivity index (χ4n) is 7.08. The summed E-state index contributed by atoms with van der Waals surface area (Å²) in [6, 6.07) is 27.8. The molecule has 0 fully saturated rings. The fourth-order valence-corrected chi connectivity index (χ4v) is 7.08. The second kappa shape index (κ2) is 13.6. The topological polar surface area (TPSA) is 39.1 Å². The lowest BCUT2D eigenvalue weighted by atomic mass is 9.89. The minimum absolute atomic E-state index is 0.105. The van der Waals surface area contributed by atoms with Crippen LogP contribution in [0.2, 0.25) is 0 Å². The molecule has 0 N–H and O–H groups in total. The molecule has 0 saturated heterocycles. The van der Waals surface area contributed by atoms with E-state index in [1.165, 1.54) is 69.4 Å². The third kappa shape index (κ3) is 5.94. The Bertz CT molecular complexity index is 2000. The van der Waals surface area contributed by atoms with E-state index in [2.05, 4.69) is 87.7 Å². The number of aromatic nitrogens is 1. The van der Waals surface area contributed by atoms with E-state index in [4.69, 9.17) is 4.79 Å². The van der Waals surface area contributed by atoms with Gasteiger partial charge in [0.15, 0.2) is 5.78 Å². The third-order valence-corrected chi connectivity index (χ3v) is 9.17. The lowest BCUT2D eigenvalue weighted by Gasteiger charge is -2.19. The number of nitrogens with zero attached hydrogens (tertiary/aromatic N) is 1. The van der Waals surface area contributed by atoms with Gasteiger partial charge >= 0.3 is 0 Å². The number of aryl methyl sites for hydroxylation is 3. The largest absolute Gasteiger partial charge is 0.340 e. The maximum absolute atomic E-state index is 14.7. The van der Waals surface area contributed by atoms with Gasteiger partial charge in [-0.3, -0.25) is 4.79 Å². The van der Waals surface area contributed by atoms with Crippen LogP contribution in [-0.2, 0) is 11.3 Å². The molecule has 0 bridgehead atoms. The van der Waals surface area contributed by atoms with E-state index in [-0.39, 0.29) is 11.3 Å². The Morgan fingerprint density at radius 3 is 2.13 bits per heavy atom. The molecule has 0 radical (unpaired) electrons. The number of carbonyl (C=O) groups excluding carboxylic acids is 2. The maximum atomic E-state index is 14.7. The summed E-state index contributed by atoms with van der Waals surface area (Å²) in [6.45, 7) is 14.0. The molecule has 0 aliphatic carbocycles. The van der Waals surface area contributed by atoms with Gasteiger partial charge in [-0.05, 0) is 97.1 Å². The molecule has 1 atom stereocenters. The number of hydrogen-bond acceptors (Lipinski definition) is 2. The van der Waals surface area contributed by atoms with Gasteiger partial charge in [0, 0.05) is 33.8 Å². The average Bonchev–Trinajstić information content (AvgIpc) is 3.35. The van der Waals surface area contributed by atoms with Crippen molar-refractivity contribution in [1.82, 2.24) is 4.57 Å². The van der Waals surface area contributed by atoms with E-state index in [0.29, 0.717) is 11.5 Å². The highest BCUT2D eigenvalue weighted by Gasteiger charge is 2.22. The number of carbonyl (C=O) groups is 2. The van der Waals surface area contributed by atoms with Crippen molar-refractivity contribution in [3.05, 3.63) is 119 Å². The summed E-state index contributed by atoms with van der Waals surface area (Å²) in [5.41, 5.74) is 9.18. The zero-order valence-electron chi connectivity index (χ0n) is 27.0. The molecule has 6 aromatic rings. The molecule has 1 heterocycles. The number of hydrogen-bond donors (Lipinski definition) is 0. The Kier molecular flexibility index (Phi) is 9.63. The second-order valence-corrected chi connectivity index (χ2v) is 12.2. The highest BCUT2D eigenvalue weighted by atomic mass is 19.1. The smallest absolute Gasteiger partial charge is 0.195 e. The zero-order valence-corrected chi connectivity index (χ0v) is 27.0. The van der Waals surface area contributed by atoms with E-state index >= 15 is 0 Å². The molecular formula is C41H42FNO2. The number of rotatable bonds is 9. The summed E-state index contributed by atoms with van der Waals surface area (Å²) in [4.78, 5) is 21.6. The van der Waals surface area contributed by atoms with Crippen LogP contribution < -0.4 is 0 Å². The maximum Gasteiger partial charge on any atom is 0.195 e. The fraction of sp³-hybridized carbons (Fsp3) is 0.268. The van der Waals surface area contributed by atoms with Crippen LogP contribution >= 0.6 is 0 Å². The summed E-state index contributed by atoms with van der Waals surface area (Å²) < 4.78 is 17.2. The van der Waals surface area contributed by atoms with Gasteiger partial charge in [0.2, 0.25) is 0 Å². The number of halogens is 1. The Balaban J connectivity index is 0.00000196. The number of fused-ring (bicyclic) bond motifs is 5. The van der Waals surface area contributed by atoms with Gasteiger partial charge in [0.1, 0.15) is 12.6 Å². The predicted molar refractivity (Wildman–Crippen MR) is 187 cm³/mol. The summed E-state index contributed by atoms with van der Waals surface area (Å²) in [5, 5.41) is 4.63. The summed E-state index contributed by atoms with van der Waals surface area (Å²) >= 11 is 0. The number of unbranched alkanes of at least 4 members (excludes halogenated alkanes) is 1. The zero-order chi connectivity index (χ0) is 32.2. The normalized spacial score (nSPS) is 12.0. The molecule has 6 rings (SSSR count). The van der Waals surface area contributed by atoms with Crippen molar-refractivity contribution in [3.63, 3.8) is 0 Å². The lowest BCUT2D eigenvalue weighted by molar-refractivity contribution is -0.0980. The lowest BCUT2D eigenvalue weighted by Crippen LogP contribution is -2.10. The molecule has 1 aromatic heterocycles. The van der Waals surface area contributed by atoms with Gasteiger partial charge in [0.25, 0.3) is 0 Å². The molecule has 3 nitrogen and oxygen atoms in total. The summed E-state index contributed by atoms with van der Waals surface area (Å²) in [6.07, 6.45) is 4.71. The van der Waals surface area contributed by atoms with Gasteiger partial charge in [-0.1, -0.05) is 87.2 Å². The van der Waals surface area contributed by atoms with Crippen LogP contribution in [0.4, 0.5) is 4.39 Å². The molecule has 45 heavy (non-hydrogen) atoms. The highest BCUT2D eigenvalue weighted by molar-refractivity contribution is 6.23. The van der Waals surface area contributed by atoms with Gasteiger partial charge in [-0.2, -0.15) is 0 Å². The molecule has 0 aliphatic heterocycles. The standard InChI is InChI=1S/C40H40FNO.CH2O/c1-6-8-13-28(7-2)24-42-37-19-18-29(40(43)32-16-11-12-17-36(32)41)22-33(37)35-23-34(30-14-9-10-15-31(30)39(35)42)38-26(4)20-25(3)21-27(38)5;1-2/h9-12,14-23,28H,6-8,13,24H2,1-5H3;1H2. The minimum Gasteiger partial charge on any atom is -0.340 e. The first kappa shape index (κ1) is 31.8. The van der Waals surface area contributed by atoms with Crippen molar-refractivity contribution in [1.29, 1.82) is 0 Å². The van der Waals surface area contributed by atoms with Crippen LogP contribution in [0.25, 0.3) is 43.7 Å². The SMILES string of the molecule is C=O.CCCCC(CC)Cn1c2ccc(C(=O)c3ccccc3F)cc2c2cc(-c3c(C)cc(C)cc3C)c3ccccc3c21. The van der Waals surface area contributed by atoms with Crippen LogP contribution in [0.15, 0.2) is 84.9 Å². The third-order valence-electron chi connectivity index (χ3n) is 9.17. The van der Waals surface area contributed by atoms with Crippen LogP contribution in [0.1, 0.15) is 72.1 Å². The van der Waals surface area contributed by atoms with Crippen molar-refractivity contribution in [2.45, 2.75) is 66.8 Å². The van der Waals surface area contributed by atoms with Gasteiger partial charge in [-0.15, -0.1) is 0 Å². The van der Waals surface area contributed by atoms with E-state index in [9.17, 15) is 9.18 Å². The number of ketones is 1. The van der Waals surface area contributed by atoms with Crippen molar-refractivity contribution in [2.75, 3.05) is 0 Å². The van der Waals surface area contributed by atoms with Crippen LogP contribution in [0.3, 0.4) is 0 Å². The average molecular weight is 600 g/mol. The van der Waals surface area contributed by atoms with Gasteiger partial charge in [-0.25, -0.2) is 4.39 Å². The predicted octanol–water partition coefficient (Wildman–Crippen LogP) is 10.9. The molecule has 0 saturated carbocycles. The first-order valence-electron chi connectivity index (χ1n) is 16.0. The summed E-state index contributed by atoms with van der Waals surface area (Å²) in [7, 11) is 0. The van der Waals surface area contributed by atoms with Crippen LogP contribution in [-0.4, -0.2) is 17.1 Å². The Labute approximate surface area is 265 Å². The molecule has 230 valence electrons. The van der Waals surface area contributed by atoms with Crippen molar-refractivity contribution in [2.24, 2.45) is 5.92 Å². The monoisotopic (exact) mass is 599 g/mol. The van der Waals surface area contributed by atoms with Gasteiger partial charge < -0.3 is 9.36 Å². The van der Waals surface area contributed by atoms with Crippen molar-refractivity contribution < 1.29 is 14.0 Å². The Hall–Kier alpha value is -4.57. The second-order valence-electron chi connectivity index (χ2n) is 12.2. The Morgan fingerprint density at radius 2 is 1.47 bits per heavy atom. The van der Waals surface area contributed by atoms with E-state index in [1.54, 1.807) is 18.2 Å². The minimum atomic E-state index is -0.490.